The van der Waals surface area contributed by atoms with Gasteiger partial charge in [-0.15, -0.1) is 0 Å². The van der Waals surface area contributed by atoms with E-state index < -0.39 is 0 Å². The van der Waals surface area contributed by atoms with Crippen LogP contribution in [0.15, 0.2) is 24.3 Å². The van der Waals surface area contributed by atoms with Gasteiger partial charge < -0.3 is 5.73 Å². The molecule has 4 unspecified atom stereocenters. The molecule has 2 nitrogen and oxygen atoms in total. The summed E-state index contributed by atoms with van der Waals surface area (Å²) in [4.78, 5) is 2.72. The Labute approximate surface area is 123 Å². The Morgan fingerprint density at radius 3 is 2.60 bits per heavy atom. The van der Waals surface area contributed by atoms with Gasteiger partial charge in [0.2, 0.25) is 0 Å². The zero-order valence-corrected chi connectivity index (χ0v) is 12.9. The fourth-order valence-corrected chi connectivity index (χ4v) is 4.36. The number of piperidine rings is 1. The number of rotatable bonds is 2. The third-order valence-electron chi connectivity index (χ3n) is 5.56. The Balaban J connectivity index is 1.92. The van der Waals surface area contributed by atoms with Crippen molar-refractivity contribution in [1.82, 2.24) is 4.90 Å². The molecule has 1 fully saturated rings. The molecule has 3 rings (SSSR count). The number of likely N-dealkylation sites (tertiary alicyclic amines) is 1. The van der Waals surface area contributed by atoms with Crippen LogP contribution < -0.4 is 5.73 Å². The Kier molecular flexibility index (Phi) is 4.13. The Hall–Kier alpha value is -0.860. The fourth-order valence-electron chi connectivity index (χ4n) is 4.36. The van der Waals surface area contributed by atoms with Crippen LogP contribution in [-0.4, -0.2) is 24.0 Å². The van der Waals surface area contributed by atoms with Crippen LogP contribution >= 0.6 is 0 Å². The maximum absolute atomic E-state index is 6.10. The molecule has 0 aromatic heterocycles. The standard InChI is InChI=1S/C18H28N2/c1-13-9-10-17(16-8-4-3-7-15(13)16)20-11-5-6-14(2)18(20)12-19/h3-4,7-8,13-14,17-18H,5-6,9-12,19H2,1-2H3. The van der Waals surface area contributed by atoms with E-state index in [-0.39, 0.29) is 0 Å². The summed E-state index contributed by atoms with van der Waals surface area (Å²) in [6, 6.07) is 10.2. The monoisotopic (exact) mass is 272 g/mol. The minimum atomic E-state index is 0.565. The van der Waals surface area contributed by atoms with Crippen molar-refractivity contribution < 1.29 is 0 Å². The lowest BCUT2D eigenvalue weighted by molar-refractivity contribution is 0.0522. The Bertz CT molecular complexity index is 456. The Morgan fingerprint density at radius 1 is 1.10 bits per heavy atom. The van der Waals surface area contributed by atoms with Crippen LogP contribution in [0.3, 0.4) is 0 Å². The van der Waals surface area contributed by atoms with Crippen molar-refractivity contribution in [3.63, 3.8) is 0 Å². The van der Waals surface area contributed by atoms with E-state index in [1.165, 1.54) is 32.2 Å². The van der Waals surface area contributed by atoms with Crippen molar-refractivity contribution >= 4 is 0 Å². The number of nitrogens with two attached hydrogens (primary N) is 1. The van der Waals surface area contributed by atoms with Crippen molar-refractivity contribution in [2.24, 2.45) is 11.7 Å². The summed E-state index contributed by atoms with van der Waals surface area (Å²) in [6.07, 6.45) is 5.26. The van der Waals surface area contributed by atoms with Gasteiger partial charge in [0.1, 0.15) is 0 Å². The highest BCUT2D eigenvalue weighted by molar-refractivity contribution is 5.35. The molecule has 4 atom stereocenters. The molecule has 0 bridgehead atoms. The van der Waals surface area contributed by atoms with Crippen LogP contribution in [0.2, 0.25) is 0 Å². The van der Waals surface area contributed by atoms with E-state index in [0.29, 0.717) is 18.0 Å². The summed E-state index contributed by atoms with van der Waals surface area (Å²) < 4.78 is 0. The number of benzene rings is 1. The summed E-state index contributed by atoms with van der Waals surface area (Å²) in [5, 5.41) is 0. The van der Waals surface area contributed by atoms with E-state index in [1.54, 1.807) is 11.1 Å². The maximum atomic E-state index is 6.10. The first-order chi connectivity index (χ1) is 9.72. The molecule has 2 aliphatic rings. The van der Waals surface area contributed by atoms with Crippen LogP contribution in [0.25, 0.3) is 0 Å². The SMILES string of the molecule is CC1CCC(N2CCCC(C)C2CN)c2ccccc21. The topological polar surface area (TPSA) is 29.3 Å². The van der Waals surface area contributed by atoms with E-state index in [2.05, 4.69) is 43.0 Å². The Morgan fingerprint density at radius 2 is 1.85 bits per heavy atom. The van der Waals surface area contributed by atoms with Crippen LogP contribution in [0.4, 0.5) is 0 Å². The maximum Gasteiger partial charge on any atom is 0.0354 e. The van der Waals surface area contributed by atoms with Crippen LogP contribution in [-0.2, 0) is 0 Å². The minimum absolute atomic E-state index is 0.565. The molecular formula is C18H28N2. The van der Waals surface area contributed by atoms with Gasteiger partial charge in [-0.25, -0.2) is 0 Å². The highest BCUT2D eigenvalue weighted by Crippen LogP contribution is 2.42. The molecule has 2 N–H and O–H groups in total. The molecule has 0 saturated carbocycles. The summed E-state index contributed by atoms with van der Waals surface area (Å²) in [5.74, 6) is 1.45. The fraction of sp³-hybridized carbons (Fsp3) is 0.667. The zero-order chi connectivity index (χ0) is 14.1. The largest absolute Gasteiger partial charge is 0.329 e. The normalized spacial score (nSPS) is 34.8. The molecule has 1 aliphatic carbocycles. The van der Waals surface area contributed by atoms with Crippen molar-refractivity contribution in [3.05, 3.63) is 35.4 Å². The van der Waals surface area contributed by atoms with Gasteiger partial charge >= 0.3 is 0 Å². The lowest BCUT2D eigenvalue weighted by Gasteiger charge is -2.46. The molecule has 0 spiro atoms. The minimum Gasteiger partial charge on any atom is -0.329 e. The van der Waals surface area contributed by atoms with Crippen LogP contribution in [0.1, 0.15) is 62.6 Å². The van der Waals surface area contributed by atoms with Crippen molar-refractivity contribution in [1.29, 1.82) is 0 Å². The predicted molar refractivity (Wildman–Crippen MR) is 84.8 cm³/mol. The molecule has 1 aromatic carbocycles. The van der Waals surface area contributed by atoms with Crippen LogP contribution in [0, 0.1) is 5.92 Å². The highest BCUT2D eigenvalue weighted by Gasteiger charge is 2.36. The first-order valence-corrected chi connectivity index (χ1v) is 8.27. The number of hydrogen-bond donors (Lipinski definition) is 1. The third kappa shape index (κ3) is 2.40. The second kappa shape index (κ2) is 5.87. The highest BCUT2D eigenvalue weighted by atomic mass is 15.2. The van der Waals surface area contributed by atoms with Crippen LogP contribution in [0.5, 0.6) is 0 Å². The smallest absolute Gasteiger partial charge is 0.0354 e. The van der Waals surface area contributed by atoms with Gasteiger partial charge in [-0.05, 0) is 55.2 Å². The number of fused-ring (bicyclic) bond motifs is 1. The summed E-state index contributed by atoms with van der Waals surface area (Å²) in [7, 11) is 0. The number of nitrogens with zero attached hydrogens (tertiary/aromatic N) is 1. The van der Waals surface area contributed by atoms with Gasteiger partial charge in [-0.2, -0.15) is 0 Å². The lowest BCUT2D eigenvalue weighted by atomic mass is 9.78. The second-order valence-corrected chi connectivity index (χ2v) is 6.78. The molecule has 110 valence electrons. The molecule has 1 aliphatic heterocycles. The molecule has 2 heteroatoms. The van der Waals surface area contributed by atoms with Crippen molar-refractivity contribution in [3.8, 4) is 0 Å². The first kappa shape index (κ1) is 14.1. The van der Waals surface area contributed by atoms with Gasteiger partial charge in [-0.3, -0.25) is 4.90 Å². The zero-order valence-electron chi connectivity index (χ0n) is 12.9. The van der Waals surface area contributed by atoms with E-state index in [9.17, 15) is 0 Å². The predicted octanol–water partition coefficient (Wildman–Crippen LogP) is 3.68. The summed E-state index contributed by atoms with van der Waals surface area (Å²) in [5.41, 5.74) is 9.23. The van der Waals surface area contributed by atoms with E-state index in [0.717, 1.165) is 12.5 Å². The molecule has 1 saturated heterocycles. The van der Waals surface area contributed by atoms with Gasteiger partial charge in [0.05, 0.1) is 0 Å². The van der Waals surface area contributed by atoms with Gasteiger partial charge in [0, 0.05) is 18.6 Å². The molecule has 20 heavy (non-hydrogen) atoms. The summed E-state index contributed by atoms with van der Waals surface area (Å²) >= 11 is 0. The summed E-state index contributed by atoms with van der Waals surface area (Å²) in [6.45, 7) is 6.77. The molecule has 0 amide bonds. The molecule has 0 radical (unpaired) electrons. The quantitative estimate of drug-likeness (QED) is 0.890. The van der Waals surface area contributed by atoms with E-state index in [4.69, 9.17) is 5.73 Å². The van der Waals surface area contributed by atoms with Gasteiger partial charge in [-0.1, -0.05) is 38.1 Å². The van der Waals surface area contributed by atoms with Gasteiger partial charge in [0.25, 0.3) is 0 Å². The van der Waals surface area contributed by atoms with Crippen molar-refractivity contribution in [2.45, 2.75) is 57.5 Å². The van der Waals surface area contributed by atoms with E-state index >= 15 is 0 Å². The molecule has 1 heterocycles. The average Bonchev–Trinajstić information content (AvgIpc) is 2.48. The molecular weight excluding hydrogens is 244 g/mol. The number of hydrogen-bond acceptors (Lipinski definition) is 2. The van der Waals surface area contributed by atoms with E-state index in [1.807, 2.05) is 0 Å². The first-order valence-electron chi connectivity index (χ1n) is 8.27. The third-order valence-corrected chi connectivity index (χ3v) is 5.56. The second-order valence-electron chi connectivity index (χ2n) is 6.78. The molecule has 1 aromatic rings. The average molecular weight is 272 g/mol. The van der Waals surface area contributed by atoms with Crippen molar-refractivity contribution in [2.75, 3.05) is 13.1 Å². The van der Waals surface area contributed by atoms with Gasteiger partial charge in [0.15, 0.2) is 0 Å². The lowest BCUT2D eigenvalue weighted by Crippen LogP contribution is -2.50.